The molecular formula is C23H35N3O2. The first kappa shape index (κ1) is 19.6. The van der Waals surface area contributed by atoms with E-state index >= 15 is 0 Å². The second kappa shape index (κ2) is 7.25. The van der Waals surface area contributed by atoms with Gasteiger partial charge in [0.15, 0.2) is 0 Å². The highest BCUT2D eigenvalue weighted by Gasteiger charge is 2.60. The Morgan fingerprint density at radius 3 is 2.43 bits per heavy atom. The van der Waals surface area contributed by atoms with Crippen LogP contribution in [0.1, 0.15) is 40.0 Å². The van der Waals surface area contributed by atoms with Gasteiger partial charge in [0.2, 0.25) is 5.91 Å². The van der Waals surface area contributed by atoms with Crippen molar-refractivity contribution >= 4 is 11.6 Å². The van der Waals surface area contributed by atoms with E-state index < -0.39 is 0 Å². The molecule has 2 saturated carbocycles. The number of benzene rings is 1. The highest BCUT2D eigenvalue weighted by Crippen LogP contribution is 2.61. The van der Waals surface area contributed by atoms with Gasteiger partial charge in [-0.05, 0) is 55.6 Å². The van der Waals surface area contributed by atoms with Crippen LogP contribution < -0.4 is 15.0 Å². The van der Waals surface area contributed by atoms with Crippen LogP contribution in [0, 0.1) is 17.3 Å². The lowest BCUT2D eigenvalue weighted by Crippen LogP contribution is -2.61. The molecule has 0 spiro atoms. The number of nitrogens with zero attached hydrogens (tertiary/aromatic N) is 2. The lowest BCUT2D eigenvalue weighted by molar-refractivity contribution is -0.126. The zero-order valence-corrected chi connectivity index (χ0v) is 17.8. The van der Waals surface area contributed by atoms with Crippen molar-refractivity contribution in [2.45, 2.75) is 45.6 Å². The van der Waals surface area contributed by atoms with E-state index in [9.17, 15) is 4.79 Å². The Kier molecular flexibility index (Phi) is 5.07. The van der Waals surface area contributed by atoms with Gasteiger partial charge in [-0.1, -0.05) is 26.0 Å². The summed E-state index contributed by atoms with van der Waals surface area (Å²) in [5, 5.41) is 3.47. The Labute approximate surface area is 169 Å². The summed E-state index contributed by atoms with van der Waals surface area (Å²) in [4.78, 5) is 17.5. The number of nitrogens with one attached hydrogen (secondary N) is 1. The molecule has 0 radical (unpaired) electrons. The molecule has 1 heterocycles. The maximum absolute atomic E-state index is 12.9. The van der Waals surface area contributed by atoms with E-state index in [-0.39, 0.29) is 16.9 Å². The number of carbonyl (C=O) groups excluding carboxylic acids is 1. The first-order chi connectivity index (χ1) is 13.3. The van der Waals surface area contributed by atoms with Crippen molar-refractivity contribution in [1.29, 1.82) is 0 Å². The molecule has 1 aromatic carbocycles. The van der Waals surface area contributed by atoms with Crippen molar-refractivity contribution in [1.82, 2.24) is 10.2 Å². The molecule has 154 valence electrons. The van der Waals surface area contributed by atoms with Crippen LogP contribution in [0.2, 0.25) is 0 Å². The summed E-state index contributed by atoms with van der Waals surface area (Å²) < 4.78 is 5.50. The quantitative estimate of drug-likeness (QED) is 0.846. The Morgan fingerprint density at radius 1 is 1.11 bits per heavy atom. The largest absolute Gasteiger partial charge is 0.495 e. The highest BCUT2D eigenvalue weighted by molar-refractivity contribution is 5.79. The molecule has 5 heteroatoms. The smallest absolute Gasteiger partial charge is 0.234 e. The van der Waals surface area contributed by atoms with E-state index in [0.717, 1.165) is 43.5 Å². The summed E-state index contributed by atoms with van der Waals surface area (Å²) in [6, 6.07) is 8.17. The summed E-state index contributed by atoms with van der Waals surface area (Å²) in [5.74, 6) is 2.50. The Bertz CT molecular complexity index is 726. The predicted octanol–water partition coefficient (Wildman–Crippen LogP) is 3.15. The summed E-state index contributed by atoms with van der Waals surface area (Å²) >= 11 is 0. The predicted molar refractivity (Wildman–Crippen MR) is 113 cm³/mol. The third-order valence-electron chi connectivity index (χ3n) is 8.17. The van der Waals surface area contributed by atoms with Gasteiger partial charge in [-0.25, -0.2) is 0 Å². The minimum atomic E-state index is -0.0633. The number of piperazine rings is 1. The maximum atomic E-state index is 12.9. The van der Waals surface area contributed by atoms with Crippen molar-refractivity contribution in [3.8, 4) is 5.75 Å². The van der Waals surface area contributed by atoms with Crippen molar-refractivity contribution in [2.75, 3.05) is 44.7 Å². The molecular weight excluding hydrogens is 350 g/mol. The second-order valence-corrected chi connectivity index (χ2v) is 9.61. The molecule has 1 N–H and O–H groups in total. The zero-order valence-electron chi connectivity index (χ0n) is 17.8. The standard InChI is InChI=1S/C23H35N3O2/c1-22(2)17-9-10-18(15-17)23(22,3)24-21(27)16-25-11-13-26(14-12-25)19-7-5-6-8-20(19)28-4/h5-8,17-18H,9-16H2,1-4H3,(H,24,27). The fraction of sp³-hybridized carbons (Fsp3) is 0.696. The number of rotatable bonds is 5. The second-order valence-electron chi connectivity index (χ2n) is 9.61. The molecule has 1 amide bonds. The molecule has 5 nitrogen and oxygen atoms in total. The topological polar surface area (TPSA) is 44.8 Å². The van der Waals surface area contributed by atoms with Crippen LogP contribution in [0.4, 0.5) is 5.69 Å². The molecule has 2 bridgehead atoms. The molecule has 3 unspecified atom stereocenters. The average molecular weight is 386 g/mol. The van der Waals surface area contributed by atoms with Gasteiger partial charge >= 0.3 is 0 Å². The Hall–Kier alpha value is -1.75. The normalized spacial score (nSPS) is 31.8. The van der Waals surface area contributed by atoms with Crippen LogP contribution in [0.3, 0.4) is 0 Å². The molecule has 3 atom stereocenters. The molecule has 3 aliphatic rings. The molecule has 28 heavy (non-hydrogen) atoms. The number of carbonyl (C=O) groups is 1. The van der Waals surface area contributed by atoms with Crippen LogP contribution in [-0.2, 0) is 4.79 Å². The number of methoxy groups -OCH3 is 1. The zero-order chi connectivity index (χ0) is 19.9. The number of ether oxygens (including phenoxy) is 1. The van der Waals surface area contributed by atoms with Crippen molar-refractivity contribution in [3.05, 3.63) is 24.3 Å². The number of anilines is 1. The molecule has 2 aliphatic carbocycles. The summed E-state index contributed by atoms with van der Waals surface area (Å²) in [6.07, 6.45) is 3.87. The third-order valence-corrected chi connectivity index (χ3v) is 8.17. The Morgan fingerprint density at radius 2 is 1.79 bits per heavy atom. The number of amides is 1. The van der Waals surface area contributed by atoms with Gasteiger partial charge in [0.05, 0.1) is 19.3 Å². The van der Waals surface area contributed by atoms with E-state index in [1.807, 2.05) is 12.1 Å². The van der Waals surface area contributed by atoms with E-state index in [0.29, 0.717) is 12.5 Å². The molecule has 1 saturated heterocycles. The van der Waals surface area contributed by atoms with Crippen molar-refractivity contribution < 1.29 is 9.53 Å². The average Bonchev–Trinajstić information content (AvgIpc) is 3.25. The van der Waals surface area contributed by atoms with Gasteiger partial charge in [0.25, 0.3) is 0 Å². The molecule has 3 fully saturated rings. The minimum Gasteiger partial charge on any atom is -0.495 e. The number of hydrogen-bond acceptors (Lipinski definition) is 4. The van der Waals surface area contributed by atoms with E-state index in [1.165, 1.54) is 19.3 Å². The fourth-order valence-corrected chi connectivity index (χ4v) is 5.94. The minimum absolute atomic E-state index is 0.0633. The van der Waals surface area contributed by atoms with Gasteiger partial charge in [-0.15, -0.1) is 0 Å². The lowest BCUT2D eigenvalue weighted by atomic mass is 9.64. The van der Waals surface area contributed by atoms with Gasteiger partial charge in [0, 0.05) is 31.7 Å². The monoisotopic (exact) mass is 385 g/mol. The summed E-state index contributed by atoms with van der Waals surface area (Å²) in [6.45, 7) is 11.1. The van der Waals surface area contributed by atoms with Crippen LogP contribution in [-0.4, -0.2) is 56.2 Å². The van der Waals surface area contributed by atoms with Gasteiger partial charge in [-0.2, -0.15) is 0 Å². The van der Waals surface area contributed by atoms with Gasteiger partial charge in [-0.3, -0.25) is 9.69 Å². The summed E-state index contributed by atoms with van der Waals surface area (Å²) in [5.41, 5.74) is 1.27. The molecule has 1 aliphatic heterocycles. The molecule has 1 aromatic rings. The van der Waals surface area contributed by atoms with Crippen LogP contribution >= 0.6 is 0 Å². The lowest BCUT2D eigenvalue weighted by Gasteiger charge is -2.48. The Balaban J connectivity index is 1.32. The molecule has 0 aromatic heterocycles. The van der Waals surface area contributed by atoms with Crippen molar-refractivity contribution in [2.24, 2.45) is 17.3 Å². The third kappa shape index (κ3) is 3.18. The maximum Gasteiger partial charge on any atom is 0.234 e. The van der Waals surface area contributed by atoms with Gasteiger partial charge in [0.1, 0.15) is 5.75 Å². The SMILES string of the molecule is COc1ccccc1N1CCN(CC(=O)NC2(C)C3CCC(C3)C2(C)C)CC1. The van der Waals surface area contributed by atoms with Crippen LogP contribution in [0.5, 0.6) is 5.75 Å². The first-order valence-electron chi connectivity index (χ1n) is 10.8. The highest BCUT2D eigenvalue weighted by atomic mass is 16.5. The van der Waals surface area contributed by atoms with Gasteiger partial charge < -0.3 is 15.0 Å². The van der Waals surface area contributed by atoms with E-state index in [4.69, 9.17) is 4.74 Å². The van der Waals surface area contributed by atoms with Crippen LogP contribution in [0.25, 0.3) is 0 Å². The van der Waals surface area contributed by atoms with Crippen molar-refractivity contribution in [3.63, 3.8) is 0 Å². The first-order valence-corrected chi connectivity index (χ1v) is 10.8. The number of para-hydroxylation sites is 2. The van der Waals surface area contributed by atoms with E-state index in [1.54, 1.807) is 7.11 Å². The number of hydrogen-bond donors (Lipinski definition) is 1. The fourth-order valence-electron chi connectivity index (χ4n) is 5.94. The molecule has 4 rings (SSSR count). The summed E-state index contributed by atoms with van der Waals surface area (Å²) in [7, 11) is 1.72. The van der Waals surface area contributed by atoms with Crippen LogP contribution in [0.15, 0.2) is 24.3 Å². The number of fused-ring (bicyclic) bond motifs is 2. The van der Waals surface area contributed by atoms with E-state index in [2.05, 4.69) is 48.0 Å².